The van der Waals surface area contributed by atoms with E-state index >= 15 is 0 Å². The molecule has 2 unspecified atom stereocenters. The van der Waals surface area contributed by atoms with E-state index in [4.69, 9.17) is 18.9 Å². The molecule has 0 aromatic rings. The van der Waals surface area contributed by atoms with Crippen LogP contribution in [0.2, 0.25) is 0 Å². The lowest BCUT2D eigenvalue weighted by Gasteiger charge is -2.44. The first-order chi connectivity index (χ1) is 24.5. The average molecular weight is 747 g/mol. The standard InChI is InChI=1S/C44H90O4S2/c1-9-17-23-25-27-29-31-33-35-43(15-7,41(45-37-19-11-3)46-38-20-12-4)49-50-44(16-8,36-34-32-30-28-26-24-18-10-2)42(47-39-21-13-5)48-40-22-14-6/h41-42H,9-40H2,1-8H3. The molecule has 0 rings (SSSR count). The minimum absolute atomic E-state index is 0.106. The van der Waals surface area contributed by atoms with Gasteiger partial charge in [0.2, 0.25) is 0 Å². The van der Waals surface area contributed by atoms with Gasteiger partial charge in [0.25, 0.3) is 0 Å². The summed E-state index contributed by atoms with van der Waals surface area (Å²) in [5.74, 6) is 0. The first kappa shape index (κ1) is 50.5. The van der Waals surface area contributed by atoms with E-state index in [1.54, 1.807) is 0 Å². The van der Waals surface area contributed by atoms with Crippen LogP contribution >= 0.6 is 21.6 Å². The van der Waals surface area contributed by atoms with Gasteiger partial charge < -0.3 is 18.9 Å². The summed E-state index contributed by atoms with van der Waals surface area (Å²) < 4.78 is 26.8. The Labute approximate surface area is 323 Å². The van der Waals surface area contributed by atoms with Crippen LogP contribution in [0, 0.1) is 0 Å². The van der Waals surface area contributed by atoms with Crippen LogP contribution in [0.15, 0.2) is 0 Å². The normalized spacial score (nSPS) is 14.5. The maximum Gasteiger partial charge on any atom is 0.172 e. The van der Waals surface area contributed by atoms with Crippen molar-refractivity contribution in [3.8, 4) is 0 Å². The van der Waals surface area contributed by atoms with Crippen LogP contribution in [0.25, 0.3) is 0 Å². The Bertz CT molecular complexity index is 606. The second-order valence-corrected chi connectivity index (χ2v) is 18.0. The van der Waals surface area contributed by atoms with Gasteiger partial charge in [0.05, 0.1) is 9.49 Å². The highest BCUT2D eigenvalue weighted by molar-refractivity contribution is 8.77. The highest BCUT2D eigenvalue weighted by atomic mass is 33.1. The molecule has 0 bridgehead atoms. The van der Waals surface area contributed by atoms with Gasteiger partial charge in [-0.3, -0.25) is 0 Å². The summed E-state index contributed by atoms with van der Waals surface area (Å²) in [7, 11) is 4.18. The maximum atomic E-state index is 6.76. The molecule has 50 heavy (non-hydrogen) atoms. The first-order valence-electron chi connectivity index (χ1n) is 22.3. The highest BCUT2D eigenvalue weighted by Crippen LogP contribution is 2.55. The number of hydrogen-bond acceptors (Lipinski definition) is 6. The zero-order chi connectivity index (χ0) is 37.0. The molecule has 0 fully saturated rings. The number of hydrogen-bond donors (Lipinski definition) is 0. The second kappa shape index (κ2) is 36.5. The van der Waals surface area contributed by atoms with Gasteiger partial charge in [0.15, 0.2) is 12.6 Å². The molecule has 0 amide bonds. The van der Waals surface area contributed by atoms with Gasteiger partial charge in [0, 0.05) is 26.4 Å². The summed E-state index contributed by atoms with van der Waals surface area (Å²) >= 11 is 0. The lowest BCUT2D eigenvalue weighted by molar-refractivity contribution is -0.166. The third-order valence-corrected chi connectivity index (χ3v) is 14.8. The van der Waals surface area contributed by atoms with Crippen LogP contribution in [-0.2, 0) is 18.9 Å². The van der Waals surface area contributed by atoms with Gasteiger partial charge in [-0.1, -0.05) is 205 Å². The monoisotopic (exact) mass is 747 g/mol. The van der Waals surface area contributed by atoms with E-state index in [2.05, 4.69) is 77.0 Å². The Kier molecular flexibility index (Phi) is 36.9. The minimum Gasteiger partial charge on any atom is -0.351 e. The molecule has 0 N–H and O–H groups in total. The Morgan fingerprint density at radius 1 is 0.320 bits per heavy atom. The minimum atomic E-state index is -0.189. The first-order valence-corrected chi connectivity index (χ1v) is 24.5. The molecule has 6 heteroatoms. The molecule has 0 aliphatic rings. The molecule has 0 saturated carbocycles. The van der Waals surface area contributed by atoms with Crippen molar-refractivity contribution in [1.82, 2.24) is 0 Å². The Balaban J connectivity index is 6.29. The predicted octanol–water partition coefficient (Wildman–Crippen LogP) is 15.6. The summed E-state index contributed by atoms with van der Waals surface area (Å²) in [5, 5.41) is 0. The summed E-state index contributed by atoms with van der Waals surface area (Å²) in [6.45, 7) is 21.5. The Hall–Kier alpha value is 0.540. The fourth-order valence-electron chi connectivity index (χ4n) is 6.53. The van der Waals surface area contributed by atoms with Gasteiger partial charge in [-0.05, 0) is 51.4 Å². The van der Waals surface area contributed by atoms with Crippen molar-refractivity contribution in [2.24, 2.45) is 0 Å². The largest absolute Gasteiger partial charge is 0.351 e. The zero-order valence-electron chi connectivity index (χ0n) is 35.2. The van der Waals surface area contributed by atoms with Crippen molar-refractivity contribution < 1.29 is 18.9 Å². The molecule has 0 aromatic carbocycles. The summed E-state index contributed by atoms with van der Waals surface area (Å²) in [4.78, 5) is 0. The number of ether oxygens (including phenoxy) is 4. The second-order valence-electron chi connectivity index (χ2n) is 15.0. The van der Waals surface area contributed by atoms with Crippen molar-refractivity contribution in [2.45, 2.75) is 257 Å². The van der Waals surface area contributed by atoms with Crippen molar-refractivity contribution in [1.29, 1.82) is 0 Å². The lowest BCUT2D eigenvalue weighted by atomic mass is 9.95. The number of unbranched alkanes of at least 4 members (excludes halogenated alkanes) is 18. The molecule has 302 valence electrons. The SMILES string of the molecule is CCCCCCCCCCC(CC)(SSC(CC)(CCCCCCCCCC)C(OCCCC)OCCCC)C(OCCCC)OCCCC. The molecule has 0 saturated heterocycles. The third kappa shape index (κ3) is 24.0. The quantitative estimate of drug-likeness (QED) is 0.0352. The van der Waals surface area contributed by atoms with E-state index in [1.165, 1.54) is 103 Å². The fourth-order valence-corrected chi connectivity index (χ4v) is 10.7. The van der Waals surface area contributed by atoms with Gasteiger partial charge >= 0.3 is 0 Å². The molecule has 4 nitrogen and oxygen atoms in total. The van der Waals surface area contributed by atoms with E-state index in [1.807, 2.05) is 0 Å². The third-order valence-electron chi connectivity index (χ3n) is 10.4. The van der Waals surface area contributed by atoms with Crippen LogP contribution < -0.4 is 0 Å². The maximum absolute atomic E-state index is 6.76. The van der Waals surface area contributed by atoms with Gasteiger partial charge in [-0.15, -0.1) is 0 Å². The van der Waals surface area contributed by atoms with Crippen molar-refractivity contribution >= 4 is 21.6 Å². The fraction of sp³-hybridized carbons (Fsp3) is 1.00. The topological polar surface area (TPSA) is 36.9 Å². The Morgan fingerprint density at radius 3 is 0.800 bits per heavy atom. The van der Waals surface area contributed by atoms with Crippen molar-refractivity contribution in [3.63, 3.8) is 0 Å². The molecular formula is C44H90O4S2. The molecule has 0 radical (unpaired) electrons. The number of rotatable bonds is 41. The van der Waals surface area contributed by atoms with Crippen LogP contribution in [-0.4, -0.2) is 48.5 Å². The molecule has 0 heterocycles. The average Bonchev–Trinajstić information content (AvgIpc) is 3.13. The van der Waals surface area contributed by atoms with Crippen LogP contribution in [0.4, 0.5) is 0 Å². The van der Waals surface area contributed by atoms with E-state index < -0.39 is 0 Å². The van der Waals surface area contributed by atoms with Gasteiger partial charge in [-0.2, -0.15) is 0 Å². The summed E-state index contributed by atoms with van der Waals surface area (Å²) in [6.07, 6.45) is 34.3. The van der Waals surface area contributed by atoms with Gasteiger partial charge in [0.1, 0.15) is 0 Å². The predicted molar refractivity (Wildman–Crippen MR) is 227 cm³/mol. The molecule has 0 aliphatic carbocycles. The van der Waals surface area contributed by atoms with E-state index in [0.717, 1.165) is 103 Å². The van der Waals surface area contributed by atoms with E-state index in [-0.39, 0.29) is 22.1 Å². The molecule has 2 atom stereocenters. The van der Waals surface area contributed by atoms with Gasteiger partial charge in [-0.25, -0.2) is 0 Å². The molecule has 0 aromatic heterocycles. The van der Waals surface area contributed by atoms with Crippen LogP contribution in [0.1, 0.15) is 235 Å². The zero-order valence-corrected chi connectivity index (χ0v) is 36.9. The molecular weight excluding hydrogens is 657 g/mol. The molecule has 0 spiro atoms. The molecule has 0 aliphatic heterocycles. The van der Waals surface area contributed by atoms with Crippen LogP contribution in [0.5, 0.6) is 0 Å². The summed E-state index contributed by atoms with van der Waals surface area (Å²) in [6, 6.07) is 0. The smallest absolute Gasteiger partial charge is 0.172 e. The highest BCUT2D eigenvalue weighted by Gasteiger charge is 2.46. The van der Waals surface area contributed by atoms with E-state index in [9.17, 15) is 0 Å². The lowest BCUT2D eigenvalue weighted by Crippen LogP contribution is -2.46. The van der Waals surface area contributed by atoms with E-state index in [0.29, 0.717) is 0 Å². The Morgan fingerprint density at radius 2 is 0.560 bits per heavy atom. The van der Waals surface area contributed by atoms with Crippen LogP contribution in [0.3, 0.4) is 0 Å². The van der Waals surface area contributed by atoms with Crippen molar-refractivity contribution in [3.05, 3.63) is 0 Å². The van der Waals surface area contributed by atoms with Crippen molar-refractivity contribution in [2.75, 3.05) is 26.4 Å². The summed E-state index contributed by atoms with van der Waals surface area (Å²) in [5.41, 5.74) is 0.